The zero-order valence-electron chi connectivity index (χ0n) is 19.6. The number of non-ortho nitro benzene ring substituents is 2. The van der Waals surface area contributed by atoms with Gasteiger partial charge in [-0.15, -0.1) is 0 Å². The molecule has 0 radical (unpaired) electrons. The van der Waals surface area contributed by atoms with Crippen molar-refractivity contribution in [3.05, 3.63) is 79.9 Å². The lowest BCUT2D eigenvalue weighted by Gasteiger charge is -2.44. The molecule has 3 aliphatic rings. The van der Waals surface area contributed by atoms with Crippen LogP contribution in [0.25, 0.3) is 0 Å². The SMILES string of the molecule is C[C@@H]1CN(C(=O)[C@@H]2O[C@H]2c2ccc([N+](=O)[O-])cc2)[C@H](C)CN1C(=O)[C@@H]1O[C@H]1c1ccc([N+](=O)[O-])cc1. The first kappa shape index (κ1) is 23.8. The van der Waals surface area contributed by atoms with E-state index in [1.165, 1.54) is 24.3 Å². The summed E-state index contributed by atoms with van der Waals surface area (Å²) in [5.41, 5.74) is 1.36. The average molecular weight is 496 g/mol. The quantitative estimate of drug-likeness (QED) is 0.336. The van der Waals surface area contributed by atoms with Crippen molar-refractivity contribution in [2.45, 2.75) is 50.3 Å². The predicted octanol–water partition coefficient (Wildman–Crippen LogP) is 2.53. The van der Waals surface area contributed by atoms with Gasteiger partial charge in [0.2, 0.25) is 0 Å². The summed E-state index contributed by atoms with van der Waals surface area (Å²) < 4.78 is 11.2. The average Bonchev–Trinajstić information content (AvgIpc) is 3.78. The van der Waals surface area contributed by atoms with Crippen molar-refractivity contribution in [1.29, 1.82) is 0 Å². The Kier molecular flexibility index (Phi) is 5.92. The van der Waals surface area contributed by atoms with Gasteiger partial charge in [0.1, 0.15) is 12.2 Å². The molecule has 0 saturated carbocycles. The zero-order chi connectivity index (χ0) is 25.7. The highest BCUT2D eigenvalue weighted by atomic mass is 16.6. The topological polar surface area (TPSA) is 152 Å². The summed E-state index contributed by atoms with van der Waals surface area (Å²) in [6, 6.07) is 11.4. The first-order valence-corrected chi connectivity index (χ1v) is 11.6. The molecule has 12 nitrogen and oxygen atoms in total. The molecule has 0 aliphatic carbocycles. The van der Waals surface area contributed by atoms with E-state index in [4.69, 9.17) is 9.47 Å². The highest BCUT2D eigenvalue weighted by molar-refractivity contribution is 5.87. The van der Waals surface area contributed by atoms with E-state index < -0.39 is 34.3 Å². The van der Waals surface area contributed by atoms with E-state index in [-0.39, 0.29) is 35.3 Å². The minimum absolute atomic E-state index is 0.0269. The molecule has 0 spiro atoms. The van der Waals surface area contributed by atoms with Crippen molar-refractivity contribution < 1.29 is 28.9 Å². The van der Waals surface area contributed by atoms with Crippen LogP contribution in [0.3, 0.4) is 0 Å². The molecule has 2 amide bonds. The maximum absolute atomic E-state index is 13.1. The zero-order valence-corrected chi connectivity index (χ0v) is 19.6. The van der Waals surface area contributed by atoms with Gasteiger partial charge in [-0.25, -0.2) is 0 Å². The second-order valence-electron chi connectivity index (χ2n) is 9.33. The molecular weight excluding hydrogens is 472 g/mol. The van der Waals surface area contributed by atoms with Gasteiger partial charge < -0.3 is 19.3 Å². The molecule has 3 heterocycles. The van der Waals surface area contributed by atoms with E-state index in [2.05, 4.69) is 0 Å². The monoisotopic (exact) mass is 496 g/mol. The Balaban J connectivity index is 1.18. The van der Waals surface area contributed by atoms with Crippen LogP contribution in [0.15, 0.2) is 48.5 Å². The van der Waals surface area contributed by atoms with Gasteiger partial charge in [0.25, 0.3) is 23.2 Å². The van der Waals surface area contributed by atoms with E-state index in [1.807, 2.05) is 13.8 Å². The molecule has 3 aliphatic heterocycles. The van der Waals surface area contributed by atoms with E-state index in [0.717, 1.165) is 0 Å². The molecule has 0 aromatic heterocycles. The number of hydrogen-bond donors (Lipinski definition) is 0. The van der Waals surface area contributed by atoms with Gasteiger partial charge in [-0.2, -0.15) is 0 Å². The second kappa shape index (κ2) is 8.95. The highest BCUT2D eigenvalue weighted by Crippen LogP contribution is 2.42. The molecule has 188 valence electrons. The van der Waals surface area contributed by atoms with E-state index in [1.54, 1.807) is 34.1 Å². The van der Waals surface area contributed by atoms with Crippen LogP contribution in [0.1, 0.15) is 37.2 Å². The molecule has 0 unspecified atom stereocenters. The van der Waals surface area contributed by atoms with Gasteiger partial charge >= 0.3 is 0 Å². The Bertz CT molecular complexity index is 1120. The third kappa shape index (κ3) is 4.40. The molecule has 6 atom stereocenters. The number of carbonyl (C=O) groups is 2. The lowest BCUT2D eigenvalue weighted by atomic mass is 10.0. The first-order chi connectivity index (χ1) is 17.2. The summed E-state index contributed by atoms with van der Waals surface area (Å²) in [5.74, 6) is -0.340. The molecule has 2 aromatic rings. The number of benzene rings is 2. The lowest BCUT2D eigenvalue weighted by molar-refractivity contribution is -0.385. The van der Waals surface area contributed by atoms with E-state index in [0.29, 0.717) is 24.2 Å². The summed E-state index contributed by atoms with van der Waals surface area (Å²) in [7, 11) is 0. The number of hydrogen-bond acceptors (Lipinski definition) is 8. The minimum atomic E-state index is -0.651. The van der Waals surface area contributed by atoms with E-state index >= 15 is 0 Å². The minimum Gasteiger partial charge on any atom is -0.354 e. The summed E-state index contributed by atoms with van der Waals surface area (Å²) in [5, 5.41) is 21.7. The number of amides is 2. The van der Waals surface area contributed by atoms with Gasteiger partial charge in [0.05, 0.1) is 9.85 Å². The number of ether oxygens (including phenoxy) is 2. The fourth-order valence-electron chi connectivity index (χ4n) is 4.75. The van der Waals surface area contributed by atoms with Crippen LogP contribution in [0.4, 0.5) is 11.4 Å². The molecule has 5 rings (SSSR count). The number of carbonyl (C=O) groups excluding carboxylic acids is 2. The van der Waals surface area contributed by atoms with Crippen molar-refractivity contribution in [2.24, 2.45) is 0 Å². The predicted molar refractivity (Wildman–Crippen MR) is 124 cm³/mol. The van der Waals surface area contributed by atoms with Gasteiger partial charge in [-0.05, 0) is 49.2 Å². The van der Waals surface area contributed by atoms with Crippen molar-refractivity contribution in [3.63, 3.8) is 0 Å². The number of nitro groups is 2. The Morgan fingerprint density at radius 3 is 1.36 bits per heavy atom. The lowest BCUT2D eigenvalue weighted by Crippen LogP contribution is -2.61. The van der Waals surface area contributed by atoms with Crippen LogP contribution >= 0.6 is 0 Å². The van der Waals surface area contributed by atoms with Gasteiger partial charge in [0.15, 0.2) is 12.2 Å². The molecule has 3 fully saturated rings. The Morgan fingerprint density at radius 2 is 1.06 bits per heavy atom. The third-order valence-electron chi connectivity index (χ3n) is 6.89. The first-order valence-electron chi connectivity index (χ1n) is 11.6. The Morgan fingerprint density at radius 1 is 0.722 bits per heavy atom. The Hall–Kier alpha value is -3.90. The summed E-state index contributed by atoms with van der Waals surface area (Å²) in [4.78, 5) is 50.4. The maximum Gasteiger partial charge on any atom is 0.269 e. The fraction of sp³-hybridized carbons (Fsp3) is 0.417. The van der Waals surface area contributed by atoms with E-state index in [9.17, 15) is 29.8 Å². The number of epoxide rings is 2. The van der Waals surface area contributed by atoms with Crippen LogP contribution < -0.4 is 0 Å². The molecular formula is C24H24N4O8. The maximum atomic E-state index is 13.1. The van der Waals surface area contributed by atoms with Crippen molar-refractivity contribution in [2.75, 3.05) is 13.1 Å². The summed E-state index contributed by atoms with van der Waals surface area (Å²) >= 11 is 0. The smallest absolute Gasteiger partial charge is 0.269 e. The molecule has 12 heteroatoms. The summed E-state index contributed by atoms with van der Waals surface area (Å²) in [6.45, 7) is 4.42. The van der Waals surface area contributed by atoms with Crippen molar-refractivity contribution in [1.82, 2.24) is 9.80 Å². The molecule has 0 N–H and O–H groups in total. The number of rotatable bonds is 6. The van der Waals surface area contributed by atoms with Crippen molar-refractivity contribution in [3.8, 4) is 0 Å². The number of piperazine rings is 1. The van der Waals surface area contributed by atoms with Crippen LogP contribution in [0, 0.1) is 20.2 Å². The molecule has 0 bridgehead atoms. The fourth-order valence-corrected chi connectivity index (χ4v) is 4.75. The van der Waals surface area contributed by atoms with Crippen LogP contribution in [0.5, 0.6) is 0 Å². The van der Waals surface area contributed by atoms with Gasteiger partial charge in [0, 0.05) is 49.4 Å². The standard InChI is InChI=1S/C24H24N4O8/c1-13-11-26(24(30)22-20(36-22)16-5-9-18(10-6-16)28(33)34)14(2)12-25(13)23(29)21-19(35-21)15-3-7-17(8-4-15)27(31)32/h3-10,13-14,19-22H,11-12H2,1-2H3/t13-,14-,19+,20+,21-,22-/m1/s1. The highest BCUT2D eigenvalue weighted by Gasteiger charge is 2.52. The second-order valence-corrected chi connectivity index (χ2v) is 9.33. The number of nitro benzene ring substituents is 2. The third-order valence-corrected chi connectivity index (χ3v) is 6.89. The molecule has 3 saturated heterocycles. The van der Waals surface area contributed by atoms with Gasteiger partial charge in [-0.1, -0.05) is 0 Å². The summed E-state index contributed by atoms with van der Waals surface area (Å²) in [6.07, 6.45) is -2.19. The number of nitrogens with zero attached hydrogens (tertiary/aromatic N) is 4. The van der Waals surface area contributed by atoms with Crippen LogP contribution in [-0.2, 0) is 19.1 Å². The molecule has 2 aromatic carbocycles. The van der Waals surface area contributed by atoms with Crippen LogP contribution in [-0.4, -0.2) is 68.8 Å². The van der Waals surface area contributed by atoms with Crippen LogP contribution in [0.2, 0.25) is 0 Å². The Labute approximate surface area is 205 Å². The molecule has 36 heavy (non-hydrogen) atoms. The van der Waals surface area contributed by atoms with Gasteiger partial charge in [-0.3, -0.25) is 29.8 Å². The van der Waals surface area contributed by atoms with Crippen molar-refractivity contribution >= 4 is 23.2 Å². The normalized spacial score (nSPS) is 28.9. The largest absolute Gasteiger partial charge is 0.354 e.